The lowest BCUT2D eigenvalue weighted by Crippen LogP contribution is -2.31. The van der Waals surface area contributed by atoms with Crippen molar-refractivity contribution in [2.45, 2.75) is 23.1 Å². The van der Waals surface area contributed by atoms with Crippen LogP contribution in [-0.2, 0) is 6.42 Å². The van der Waals surface area contributed by atoms with Crippen molar-refractivity contribution < 1.29 is 9.59 Å². The van der Waals surface area contributed by atoms with Crippen LogP contribution in [0.1, 0.15) is 33.2 Å². The number of hydrogen-bond acceptors (Lipinski definition) is 4. The maximum atomic E-state index is 13.1. The first-order chi connectivity index (χ1) is 14.6. The molecule has 0 saturated carbocycles. The number of amides is 2. The van der Waals surface area contributed by atoms with Crippen LogP contribution < -0.4 is 16.0 Å². The van der Waals surface area contributed by atoms with Crippen molar-refractivity contribution in [3.8, 4) is 0 Å². The van der Waals surface area contributed by atoms with Gasteiger partial charge < -0.3 is 16.0 Å². The molecule has 3 aromatic rings. The molecule has 0 bridgehead atoms. The Kier molecular flexibility index (Phi) is 5.77. The molecular formula is C24H23N3O2S. The number of nitrogen functional groups attached to an aromatic ring is 1. The Hall–Kier alpha value is -3.25. The van der Waals surface area contributed by atoms with Crippen LogP contribution in [-0.4, -0.2) is 24.9 Å². The molecule has 0 fully saturated rings. The maximum Gasteiger partial charge on any atom is 0.259 e. The Morgan fingerprint density at radius 1 is 1.03 bits per heavy atom. The molecule has 0 radical (unpaired) electrons. The summed E-state index contributed by atoms with van der Waals surface area (Å²) in [5.41, 5.74) is 9.55. The first kappa shape index (κ1) is 20.0. The lowest BCUT2D eigenvalue weighted by molar-refractivity contribution is 0.0950. The van der Waals surface area contributed by atoms with Crippen LogP contribution >= 0.6 is 11.8 Å². The number of nitrogens with one attached hydrogen (secondary N) is 1. The third kappa shape index (κ3) is 4.04. The highest BCUT2D eigenvalue weighted by molar-refractivity contribution is 7.99. The summed E-state index contributed by atoms with van der Waals surface area (Å²) in [5, 5.41) is 2.97. The molecule has 0 unspecified atom stereocenters. The molecule has 0 atom stereocenters. The Balaban J connectivity index is 1.53. The summed E-state index contributed by atoms with van der Waals surface area (Å²) in [5.74, 6) is -0.191. The van der Waals surface area contributed by atoms with E-state index in [1.165, 1.54) is 0 Å². The van der Waals surface area contributed by atoms with E-state index >= 15 is 0 Å². The number of nitrogens with zero attached hydrogens (tertiary/aromatic N) is 1. The quantitative estimate of drug-likeness (QED) is 0.605. The van der Waals surface area contributed by atoms with Gasteiger partial charge in [0.15, 0.2) is 0 Å². The summed E-state index contributed by atoms with van der Waals surface area (Å²) in [7, 11) is 0. The van der Waals surface area contributed by atoms with E-state index < -0.39 is 0 Å². The van der Waals surface area contributed by atoms with Crippen molar-refractivity contribution >= 4 is 35.0 Å². The molecule has 1 aliphatic rings. The van der Waals surface area contributed by atoms with Gasteiger partial charge in [-0.1, -0.05) is 36.0 Å². The zero-order valence-electron chi connectivity index (χ0n) is 16.7. The molecule has 2 amide bonds. The standard InChI is InChI=1S/C24H23N3O2S/c1-2-27-20-15-17(23(28)26-14-13-16-7-10-18(25)11-8-16)9-12-22(20)30-21-6-4-3-5-19(21)24(27)29/h3-12,15H,2,13-14,25H2,1H3,(H,26,28). The zero-order chi connectivity index (χ0) is 21.1. The van der Waals surface area contributed by atoms with Crippen LogP contribution in [0, 0.1) is 0 Å². The molecule has 0 spiro atoms. The molecule has 3 aromatic carbocycles. The van der Waals surface area contributed by atoms with Crippen molar-refractivity contribution in [2.75, 3.05) is 23.7 Å². The van der Waals surface area contributed by atoms with E-state index in [4.69, 9.17) is 5.73 Å². The van der Waals surface area contributed by atoms with Crippen LogP contribution in [0.15, 0.2) is 76.5 Å². The molecule has 5 nitrogen and oxygen atoms in total. The predicted octanol–water partition coefficient (Wildman–Crippen LogP) is 4.37. The molecule has 3 N–H and O–H groups in total. The number of hydrogen-bond donors (Lipinski definition) is 2. The highest BCUT2D eigenvalue weighted by atomic mass is 32.2. The number of fused-ring (bicyclic) bond motifs is 2. The van der Waals surface area contributed by atoms with Gasteiger partial charge in [-0.05, 0) is 61.4 Å². The molecular weight excluding hydrogens is 394 g/mol. The number of benzene rings is 3. The van der Waals surface area contributed by atoms with E-state index in [-0.39, 0.29) is 11.8 Å². The third-order valence-electron chi connectivity index (χ3n) is 5.09. The Bertz CT molecular complexity index is 1100. The number of carbonyl (C=O) groups is 2. The average molecular weight is 418 g/mol. The van der Waals surface area contributed by atoms with Gasteiger partial charge in [0.2, 0.25) is 0 Å². The van der Waals surface area contributed by atoms with Gasteiger partial charge in [0.05, 0.1) is 11.3 Å². The minimum atomic E-state index is -0.150. The minimum absolute atomic E-state index is 0.0414. The fraction of sp³-hybridized carbons (Fsp3) is 0.167. The van der Waals surface area contributed by atoms with E-state index in [1.807, 2.05) is 73.7 Å². The topological polar surface area (TPSA) is 75.4 Å². The van der Waals surface area contributed by atoms with Crippen molar-refractivity contribution in [1.82, 2.24) is 5.32 Å². The molecule has 0 saturated heterocycles. The first-order valence-electron chi connectivity index (χ1n) is 9.92. The van der Waals surface area contributed by atoms with Gasteiger partial charge in [0.1, 0.15) is 0 Å². The van der Waals surface area contributed by atoms with Gasteiger partial charge >= 0.3 is 0 Å². The van der Waals surface area contributed by atoms with Crippen LogP contribution in [0.4, 0.5) is 11.4 Å². The summed E-state index contributed by atoms with van der Waals surface area (Å²) in [6.45, 7) is 3.00. The molecule has 0 aliphatic carbocycles. The average Bonchev–Trinajstić information content (AvgIpc) is 2.88. The van der Waals surface area contributed by atoms with Crippen LogP contribution in [0.25, 0.3) is 0 Å². The molecule has 1 aliphatic heterocycles. The van der Waals surface area contributed by atoms with Gasteiger partial charge in [-0.15, -0.1) is 0 Å². The van der Waals surface area contributed by atoms with E-state index in [0.717, 1.165) is 33.2 Å². The van der Waals surface area contributed by atoms with Gasteiger partial charge in [-0.3, -0.25) is 9.59 Å². The Morgan fingerprint density at radius 2 is 1.80 bits per heavy atom. The molecule has 0 aromatic heterocycles. The smallest absolute Gasteiger partial charge is 0.259 e. The SMILES string of the molecule is CCN1C(=O)c2ccccc2Sc2ccc(C(=O)NCCc3ccc(N)cc3)cc21. The molecule has 30 heavy (non-hydrogen) atoms. The largest absolute Gasteiger partial charge is 0.399 e. The number of anilines is 2. The van der Waals surface area contributed by atoms with Crippen molar-refractivity contribution in [3.63, 3.8) is 0 Å². The summed E-state index contributed by atoms with van der Waals surface area (Å²) >= 11 is 1.56. The fourth-order valence-electron chi connectivity index (χ4n) is 3.48. The van der Waals surface area contributed by atoms with Crippen molar-refractivity contribution in [3.05, 3.63) is 83.4 Å². The summed E-state index contributed by atoms with van der Waals surface area (Å²) in [6.07, 6.45) is 0.724. The van der Waals surface area contributed by atoms with Gasteiger partial charge in [-0.25, -0.2) is 0 Å². The number of rotatable bonds is 5. The molecule has 1 heterocycles. The lowest BCUT2D eigenvalue weighted by Gasteiger charge is -2.21. The molecule has 6 heteroatoms. The summed E-state index contributed by atoms with van der Waals surface area (Å²) < 4.78 is 0. The van der Waals surface area contributed by atoms with Crippen LogP contribution in [0.5, 0.6) is 0 Å². The minimum Gasteiger partial charge on any atom is -0.399 e. The lowest BCUT2D eigenvalue weighted by atomic mass is 10.1. The van der Waals surface area contributed by atoms with Crippen LogP contribution in [0.3, 0.4) is 0 Å². The van der Waals surface area contributed by atoms with E-state index in [9.17, 15) is 9.59 Å². The Labute approximate surface area is 180 Å². The van der Waals surface area contributed by atoms with Gasteiger partial charge in [-0.2, -0.15) is 0 Å². The predicted molar refractivity (Wildman–Crippen MR) is 121 cm³/mol. The van der Waals surface area contributed by atoms with E-state index in [2.05, 4.69) is 5.32 Å². The molecule has 152 valence electrons. The number of nitrogens with two attached hydrogens (primary N) is 1. The maximum absolute atomic E-state index is 13.1. The van der Waals surface area contributed by atoms with E-state index in [1.54, 1.807) is 16.7 Å². The normalized spacial score (nSPS) is 12.7. The van der Waals surface area contributed by atoms with E-state index in [0.29, 0.717) is 24.2 Å². The second-order valence-corrected chi connectivity index (χ2v) is 8.16. The van der Waals surface area contributed by atoms with Crippen molar-refractivity contribution in [1.29, 1.82) is 0 Å². The highest BCUT2D eigenvalue weighted by Crippen LogP contribution is 2.41. The van der Waals surface area contributed by atoms with Gasteiger partial charge in [0.25, 0.3) is 11.8 Å². The fourth-order valence-corrected chi connectivity index (χ4v) is 4.54. The van der Waals surface area contributed by atoms with Gasteiger partial charge in [0, 0.05) is 34.1 Å². The summed E-state index contributed by atoms with van der Waals surface area (Å²) in [6, 6.07) is 20.8. The second-order valence-electron chi connectivity index (χ2n) is 7.08. The number of carbonyl (C=O) groups excluding carboxylic acids is 2. The monoisotopic (exact) mass is 417 g/mol. The second kappa shape index (κ2) is 8.63. The molecule has 4 rings (SSSR count). The first-order valence-corrected chi connectivity index (χ1v) is 10.7. The Morgan fingerprint density at radius 3 is 2.57 bits per heavy atom. The van der Waals surface area contributed by atoms with Crippen LogP contribution in [0.2, 0.25) is 0 Å². The zero-order valence-corrected chi connectivity index (χ0v) is 17.5. The summed E-state index contributed by atoms with van der Waals surface area (Å²) in [4.78, 5) is 29.4. The highest BCUT2D eigenvalue weighted by Gasteiger charge is 2.26. The van der Waals surface area contributed by atoms with Crippen molar-refractivity contribution in [2.24, 2.45) is 0 Å². The third-order valence-corrected chi connectivity index (χ3v) is 6.23.